The minimum absolute atomic E-state index is 0.123. The normalized spacial score (nSPS) is 13.3. The molecule has 0 radical (unpaired) electrons. The average molecular weight is 239 g/mol. The maximum Gasteiger partial charge on any atom is 0.408 e. The third-order valence-corrected chi connectivity index (χ3v) is 2.28. The van der Waals surface area contributed by atoms with Gasteiger partial charge in [0.25, 0.3) is 0 Å². The molecule has 0 fully saturated rings. The van der Waals surface area contributed by atoms with Crippen LogP contribution in [0.25, 0.3) is 0 Å². The Morgan fingerprint density at radius 3 is 2.41 bits per heavy atom. The zero-order chi connectivity index (χ0) is 13.2. The van der Waals surface area contributed by atoms with Crippen LogP contribution in [0, 0.1) is 13.8 Å². The first-order valence-electron chi connectivity index (χ1n) is 5.75. The van der Waals surface area contributed by atoms with Gasteiger partial charge < -0.3 is 14.5 Å². The topological polar surface area (TPSA) is 51.5 Å². The Kier molecular flexibility index (Phi) is 3.86. The van der Waals surface area contributed by atoms with E-state index in [4.69, 9.17) is 9.15 Å². The molecule has 4 heteroatoms. The maximum atomic E-state index is 11.6. The highest BCUT2D eigenvalue weighted by molar-refractivity contribution is 5.68. The van der Waals surface area contributed by atoms with Gasteiger partial charge in [-0.1, -0.05) is 0 Å². The molecule has 0 aliphatic rings. The molecule has 4 nitrogen and oxygen atoms in total. The molecule has 0 saturated heterocycles. The number of carbonyl (C=O) groups is 1. The van der Waals surface area contributed by atoms with E-state index in [1.165, 1.54) is 0 Å². The molecule has 1 atom stereocenters. The average Bonchev–Trinajstić information content (AvgIpc) is 2.41. The lowest BCUT2D eigenvalue weighted by Gasteiger charge is -2.21. The number of carbonyl (C=O) groups excluding carboxylic acids is 1. The van der Waals surface area contributed by atoms with Crippen LogP contribution >= 0.6 is 0 Å². The van der Waals surface area contributed by atoms with E-state index in [-0.39, 0.29) is 6.04 Å². The van der Waals surface area contributed by atoms with Crippen LogP contribution in [0.4, 0.5) is 4.79 Å². The van der Waals surface area contributed by atoms with Crippen molar-refractivity contribution in [3.8, 4) is 0 Å². The Balaban J connectivity index is 2.64. The number of aryl methyl sites for hydroxylation is 2. The molecule has 1 rings (SSSR count). The van der Waals surface area contributed by atoms with Crippen LogP contribution in [-0.2, 0) is 4.74 Å². The summed E-state index contributed by atoms with van der Waals surface area (Å²) in [4.78, 5) is 11.6. The van der Waals surface area contributed by atoms with Crippen LogP contribution in [0.3, 0.4) is 0 Å². The van der Waals surface area contributed by atoms with Crippen molar-refractivity contribution in [2.45, 2.75) is 53.2 Å². The van der Waals surface area contributed by atoms with E-state index >= 15 is 0 Å². The zero-order valence-electron chi connectivity index (χ0n) is 11.4. The van der Waals surface area contributed by atoms with Crippen LogP contribution in [0.2, 0.25) is 0 Å². The van der Waals surface area contributed by atoms with E-state index in [9.17, 15) is 4.79 Å². The fourth-order valence-electron chi connectivity index (χ4n) is 1.64. The molecule has 1 N–H and O–H groups in total. The fourth-order valence-corrected chi connectivity index (χ4v) is 1.64. The van der Waals surface area contributed by atoms with E-state index in [0.717, 1.165) is 17.1 Å². The number of amides is 1. The molecule has 1 heterocycles. The SMILES string of the molecule is Cc1cc(C(C)NC(=O)OC(C)(C)C)c(C)o1. The Bertz CT molecular complexity index is 401. The molecule has 1 amide bonds. The predicted octanol–water partition coefficient (Wildman–Crippen LogP) is 3.48. The largest absolute Gasteiger partial charge is 0.466 e. The summed E-state index contributed by atoms with van der Waals surface area (Å²) in [6.07, 6.45) is -0.414. The highest BCUT2D eigenvalue weighted by Crippen LogP contribution is 2.21. The summed E-state index contributed by atoms with van der Waals surface area (Å²) >= 11 is 0. The van der Waals surface area contributed by atoms with E-state index in [0.29, 0.717) is 0 Å². The predicted molar refractivity (Wildman–Crippen MR) is 66.0 cm³/mol. The summed E-state index contributed by atoms with van der Waals surface area (Å²) in [5, 5.41) is 2.79. The van der Waals surface area contributed by atoms with Crippen molar-refractivity contribution in [2.75, 3.05) is 0 Å². The first-order chi connectivity index (χ1) is 7.69. The summed E-state index contributed by atoms with van der Waals surface area (Å²) in [5.74, 6) is 1.67. The molecular weight excluding hydrogens is 218 g/mol. The minimum atomic E-state index is -0.481. The van der Waals surface area contributed by atoms with Gasteiger partial charge in [0.05, 0.1) is 6.04 Å². The number of hydrogen-bond donors (Lipinski definition) is 1. The van der Waals surface area contributed by atoms with Gasteiger partial charge in [0.1, 0.15) is 17.1 Å². The van der Waals surface area contributed by atoms with Gasteiger partial charge in [-0.2, -0.15) is 0 Å². The van der Waals surface area contributed by atoms with Crippen molar-refractivity contribution in [2.24, 2.45) is 0 Å². The summed E-state index contributed by atoms with van der Waals surface area (Å²) in [5.41, 5.74) is 0.499. The van der Waals surface area contributed by atoms with Crippen molar-refractivity contribution in [3.63, 3.8) is 0 Å². The Morgan fingerprint density at radius 2 is 2.00 bits per heavy atom. The first-order valence-corrected chi connectivity index (χ1v) is 5.75. The Labute approximate surface area is 102 Å². The minimum Gasteiger partial charge on any atom is -0.466 e. The van der Waals surface area contributed by atoms with Crippen molar-refractivity contribution >= 4 is 6.09 Å². The lowest BCUT2D eigenvalue weighted by atomic mass is 10.1. The van der Waals surface area contributed by atoms with Gasteiger partial charge >= 0.3 is 6.09 Å². The van der Waals surface area contributed by atoms with Gasteiger partial charge in [-0.25, -0.2) is 4.79 Å². The number of ether oxygens (including phenoxy) is 1. The van der Waals surface area contributed by atoms with Crippen molar-refractivity contribution in [3.05, 3.63) is 23.2 Å². The van der Waals surface area contributed by atoms with E-state index in [2.05, 4.69) is 5.32 Å². The molecule has 0 aromatic carbocycles. The molecule has 0 bridgehead atoms. The number of nitrogens with one attached hydrogen (secondary N) is 1. The summed E-state index contributed by atoms with van der Waals surface area (Å²) in [6.45, 7) is 11.2. The van der Waals surface area contributed by atoms with Gasteiger partial charge in [0, 0.05) is 5.56 Å². The van der Waals surface area contributed by atoms with Crippen LogP contribution in [0.15, 0.2) is 10.5 Å². The second-order valence-electron chi connectivity index (χ2n) is 5.24. The molecule has 0 aliphatic heterocycles. The van der Waals surface area contributed by atoms with Crippen LogP contribution in [0.5, 0.6) is 0 Å². The molecule has 1 aromatic rings. The van der Waals surface area contributed by atoms with E-state index in [1.807, 2.05) is 47.6 Å². The summed E-state index contributed by atoms with van der Waals surface area (Å²) in [6, 6.07) is 1.81. The quantitative estimate of drug-likeness (QED) is 0.859. The highest BCUT2D eigenvalue weighted by Gasteiger charge is 2.20. The summed E-state index contributed by atoms with van der Waals surface area (Å²) < 4.78 is 10.6. The second-order valence-corrected chi connectivity index (χ2v) is 5.24. The first kappa shape index (κ1) is 13.6. The molecule has 1 aromatic heterocycles. The van der Waals surface area contributed by atoms with E-state index < -0.39 is 11.7 Å². The molecule has 96 valence electrons. The number of rotatable bonds is 2. The third-order valence-electron chi connectivity index (χ3n) is 2.28. The molecule has 0 aliphatic carbocycles. The Hall–Kier alpha value is -1.45. The van der Waals surface area contributed by atoms with Crippen LogP contribution in [-0.4, -0.2) is 11.7 Å². The second kappa shape index (κ2) is 4.82. The van der Waals surface area contributed by atoms with Crippen molar-refractivity contribution in [1.29, 1.82) is 0 Å². The number of furan rings is 1. The lowest BCUT2D eigenvalue weighted by Crippen LogP contribution is -2.34. The highest BCUT2D eigenvalue weighted by atomic mass is 16.6. The van der Waals surface area contributed by atoms with Crippen molar-refractivity contribution in [1.82, 2.24) is 5.32 Å². The monoisotopic (exact) mass is 239 g/mol. The fraction of sp³-hybridized carbons (Fsp3) is 0.615. The van der Waals surface area contributed by atoms with Gasteiger partial charge in [0.15, 0.2) is 0 Å². The molecule has 17 heavy (non-hydrogen) atoms. The van der Waals surface area contributed by atoms with Gasteiger partial charge in [-0.3, -0.25) is 0 Å². The van der Waals surface area contributed by atoms with Crippen LogP contribution < -0.4 is 5.32 Å². The van der Waals surface area contributed by atoms with Gasteiger partial charge in [-0.15, -0.1) is 0 Å². The standard InChI is InChI=1S/C13H21NO3/c1-8-7-11(10(3)16-8)9(2)14-12(15)17-13(4,5)6/h7,9H,1-6H3,(H,14,15). The molecule has 0 saturated carbocycles. The Morgan fingerprint density at radius 1 is 1.41 bits per heavy atom. The van der Waals surface area contributed by atoms with Crippen LogP contribution in [0.1, 0.15) is 50.8 Å². The maximum absolute atomic E-state index is 11.6. The van der Waals surface area contributed by atoms with E-state index in [1.54, 1.807) is 0 Å². The molecule has 1 unspecified atom stereocenters. The summed E-state index contributed by atoms with van der Waals surface area (Å²) in [7, 11) is 0. The number of hydrogen-bond acceptors (Lipinski definition) is 3. The third kappa shape index (κ3) is 4.13. The van der Waals surface area contributed by atoms with Gasteiger partial charge in [0.2, 0.25) is 0 Å². The smallest absolute Gasteiger partial charge is 0.408 e. The van der Waals surface area contributed by atoms with Gasteiger partial charge in [-0.05, 0) is 47.6 Å². The molecule has 0 spiro atoms. The zero-order valence-corrected chi connectivity index (χ0v) is 11.4. The van der Waals surface area contributed by atoms with Crippen molar-refractivity contribution < 1.29 is 13.9 Å². The lowest BCUT2D eigenvalue weighted by molar-refractivity contribution is 0.0508. The number of alkyl carbamates (subject to hydrolysis) is 1. The molecular formula is C13H21NO3.